The molecule has 9 heteroatoms. The van der Waals surface area contributed by atoms with Gasteiger partial charge >= 0.3 is 5.69 Å². The topological polar surface area (TPSA) is 74.0 Å². The highest BCUT2D eigenvalue weighted by Gasteiger charge is 2.23. The molecule has 0 spiro atoms. The van der Waals surface area contributed by atoms with Crippen LogP contribution in [0.1, 0.15) is 18.4 Å². The standard InChI is InChI=1S/C23H21F2N5O2/c1-32-16-5-2-4-15(10-16)30-21-20(12-27-22(28-21)26-11-14-8-9-14)29(23(30)31)13-17-18(24)6-3-7-19(17)25/h2-7,10,12,14H,8-9,11,13H2,1H3,(H,26,27,28). The summed E-state index contributed by atoms with van der Waals surface area (Å²) in [4.78, 5) is 22.3. The van der Waals surface area contributed by atoms with Crippen molar-refractivity contribution in [2.75, 3.05) is 19.0 Å². The summed E-state index contributed by atoms with van der Waals surface area (Å²) in [6.45, 7) is 0.471. The molecule has 5 rings (SSSR count). The molecule has 2 aromatic carbocycles. The van der Waals surface area contributed by atoms with Crippen LogP contribution in [-0.2, 0) is 6.54 Å². The van der Waals surface area contributed by atoms with Gasteiger partial charge in [-0.15, -0.1) is 0 Å². The van der Waals surface area contributed by atoms with Crippen LogP contribution in [0.5, 0.6) is 5.75 Å². The average molecular weight is 437 g/mol. The fourth-order valence-electron chi connectivity index (χ4n) is 3.66. The van der Waals surface area contributed by atoms with E-state index in [9.17, 15) is 13.6 Å². The van der Waals surface area contributed by atoms with Gasteiger partial charge < -0.3 is 10.1 Å². The highest BCUT2D eigenvalue weighted by molar-refractivity contribution is 5.74. The number of hydrogen-bond acceptors (Lipinski definition) is 5. The van der Waals surface area contributed by atoms with Crippen molar-refractivity contribution in [2.24, 2.45) is 5.92 Å². The van der Waals surface area contributed by atoms with Crippen molar-refractivity contribution in [3.05, 3.63) is 76.3 Å². The molecule has 1 fully saturated rings. The first kappa shape index (κ1) is 20.2. The lowest BCUT2D eigenvalue weighted by molar-refractivity contribution is 0.414. The summed E-state index contributed by atoms with van der Waals surface area (Å²) in [6.07, 6.45) is 3.86. The molecule has 0 aliphatic heterocycles. The van der Waals surface area contributed by atoms with Gasteiger partial charge in [-0.1, -0.05) is 12.1 Å². The van der Waals surface area contributed by atoms with Crippen LogP contribution in [0.4, 0.5) is 14.7 Å². The Labute approximate surface area is 182 Å². The number of methoxy groups -OCH3 is 1. The van der Waals surface area contributed by atoms with Crippen LogP contribution in [-0.4, -0.2) is 32.8 Å². The van der Waals surface area contributed by atoms with Crippen molar-refractivity contribution in [3.8, 4) is 11.4 Å². The maximum absolute atomic E-state index is 14.3. The third-order valence-corrected chi connectivity index (χ3v) is 5.61. The molecule has 2 heterocycles. The van der Waals surface area contributed by atoms with Crippen LogP contribution in [0.25, 0.3) is 16.9 Å². The Kier molecular flexibility index (Phi) is 5.08. The second kappa shape index (κ2) is 8.07. The van der Waals surface area contributed by atoms with Crippen LogP contribution in [0.15, 0.2) is 53.5 Å². The van der Waals surface area contributed by atoms with Crippen LogP contribution in [0.3, 0.4) is 0 Å². The number of fused-ring (bicyclic) bond motifs is 1. The zero-order valence-corrected chi connectivity index (χ0v) is 17.4. The predicted molar refractivity (Wildman–Crippen MR) is 116 cm³/mol. The Morgan fingerprint density at radius 1 is 1.16 bits per heavy atom. The van der Waals surface area contributed by atoms with Crippen LogP contribution in [0, 0.1) is 17.6 Å². The van der Waals surface area contributed by atoms with Gasteiger partial charge in [0.2, 0.25) is 5.95 Å². The number of aromatic nitrogens is 4. The van der Waals surface area contributed by atoms with Crippen molar-refractivity contribution in [1.29, 1.82) is 0 Å². The van der Waals surface area contributed by atoms with E-state index in [-0.39, 0.29) is 12.1 Å². The number of benzene rings is 2. The molecule has 7 nitrogen and oxygen atoms in total. The molecule has 2 aromatic heterocycles. The van der Waals surface area contributed by atoms with Gasteiger partial charge in [-0.2, -0.15) is 4.98 Å². The van der Waals surface area contributed by atoms with E-state index in [1.54, 1.807) is 24.3 Å². The molecule has 0 amide bonds. The van der Waals surface area contributed by atoms with Gasteiger partial charge in [-0.3, -0.25) is 4.57 Å². The smallest absolute Gasteiger partial charge is 0.335 e. The molecule has 0 unspecified atom stereocenters. The molecule has 1 aliphatic rings. The van der Waals surface area contributed by atoms with Crippen molar-refractivity contribution >= 4 is 17.1 Å². The Bertz CT molecular complexity index is 1340. The Balaban J connectivity index is 1.68. The lowest BCUT2D eigenvalue weighted by Gasteiger charge is -2.07. The lowest BCUT2D eigenvalue weighted by Crippen LogP contribution is -2.24. The summed E-state index contributed by atoms with van der Waals surface area (Å²) in [5.74, 6) is 0.140. The van der Waals surface area contributed by atoms with Crippen molar-refractivity contribution in [2.45, 2.75) is 19.4 Å². The summed E-state index contributed by atoms with van der Waals surface area (Å²) >= 11 is 0. The van der Waals surface area contributed by atoms with Crippen molar-refractivity contribution < 1.29 is 13.5 Å². The Hall–Kier alpha value is -3.75. The normalized spacial score (nSPS) is 13.5. The number of rotatable bonds is 7. The SMILES string of the molecule is COc1cccc(-n2c(=O)n(Cc3c(F)cccc3F)c3cnc(NCC4CC4)nc32)c1. The Morgan fingerprint density at radius 2 is 1.91 bits per heavy atom. The fourth-order valence-corrected chi connectivity index (χ4v) is 3.66. The Morgan fingerprint density at radius 3 is 2.62 bits per heavy atom. The lowest BCUT2D eigenvalue weighted by atomic mass is 10.2. The van der Waals surface area contributed by atoms with Gasteiger partial charge in [0.15, 0.2) is 5.65 Å². The van der Waals surface area contributed by atoms with Crippen LogP contribution < -0.4 is 15.7 Å². The average Bonchev–Trinajstić information content (AvgIpc) is 3.59. The minimum Gasteiger partial charge on any atom is -0.497 e. The van der Waals surface area contributed by atoms with Gasteiger partial charge in [-0.05, 0) is 43.0 Å². The van der Waals surface area contributed by atoms with Gasteiger partial charge in [0.1, 0.15) is 22.9 Å². The van der Waals surface area contributed by atoms with Crippen molar-refractivity contribution in [1.82, 2.24) is 19.1 Å². The van der Waals surface area contributed by atoms with E-state index in [4.69, 9.17) is 4.74 Å². The molecule has 1 aliphatic carbocycles. The monoisotopic (exact) mass is 437 g/mol. The zero-order valence-electron chi connectivity index (χ0n) is 17.4. The summed E-state index contributed by atoms with van der Waals surface area (Å²) in [5, 5.41) is 3.21. The number of nitrogens with one attached hydrogen (secondary N) is 1. The molecule has 4 aromatic rings. The minimum atomic E-state index is -0.720. The predicted octanol–water partition coefficient (Wildman–Crippen LogP) is 3.74. The summed E-state index contributed by atoms with van der Waals surface area (Å²) in [7, 11) is 1.54. The van der Waals surface area contributed by atoms with Crippen LogP contribution in [0.2, 0.25) is 0 Å². The molecule has 0 saturated heterocycles. The van der Waals surface area contributed by atoms with E-state index in [1.165, 1.54) is 53.5 Å². The first-order chi connectivity index (χ1) is 15.5. The maximum atomic E-state index is 14.3. The van der Waals surface area contributed by atoms with E-state index in [1.807, 2.05) is 0 Å². The number of halogens is 2. The number of imidazole rings is 1. The number of ether oxygens (including phenoxy) is 1. The number of hydrogen-bond donors (Lipinski definition) is 1. The van der Waals surface area contributed by atoms with Gasteiger partial charge in [-0.25, -0.2) is 23.1 Å². The summed E-state index contributed by atoms with van der Waals surface area (Å²) in [5.41, 5.74) is 0.560. The summed E-state index contributed by atoms with van der Waals surface area (Å²) in [6, 6.07) is 10.6. The molecule has 1 N–H and O–H groups in total. The molecule has 0 atom stereocenters. The number of anilines is 1. The van der Waals surface area contributed by atoms with Gasteiger partial charge in [0.05, 0.1) is 25.5 Å². The van der Waals surface area contributed by atoms with Gasteiger partial charge in [0.25, 0.3) is 0 Å². The first-order valence-corrected chi connectivity index (χ1v) is 10.3. The van der Waals surface area contributed by atoms with E-state index in [2.05, 4.69) is 15.3 Å². The maximum Gasteiger partial charge on any atom is 0.335 e. The molecule has 0 radical (unpaired) electrons. The minimum absolute atomic E-state index is 0.199. The third kappa shape index (κ3) is 3.70. The molecular formula is C23H21F2N5O2. The summed E-state index contributed by atoms with van der Waals surface area (Å²) < 4.78 is 36.6. The van der Waals surface area contributed by atoms with Crippen LogP contribution >= 0.6 is 0 Å². The van der Waals surface area contributed by atoms with E-state index < -0.39 is 17.3 Å². The zero-order chi connectivity index (χ0) is 22.2. The van der Waals surface area contributed by atoms with E-state index in [0.29, 0.717) is 34.5 Å². The highest BCUT2D eigenvalue weighted by atomic mass is 19.1. The fraction of sp³-hybridized carbons (Fsp3) is 0.261. The van der Waals surface area contributed by atoms with Crippen molar-refractivity contribution in [3.63, 3.8) is 0 Å². The molecule has 1 saturated carbocycles. The molecule has 0 bridgehead atoms. The molecular weight excluding hydrogens is 416 g/mol. The largest absolute Gasteiger partial charge is 0.497 e. The quantitative estimate of drug-likeness (QED) is 0.477. The molecule has 164 valence electrons. The highest BCUT2D eigenvalue weighted by Crippen LogP contribution is 2.29. The van der Waals surface area contributed by atoms with E-state index >= 15 is 0 Å². The van der Waals surface area contributed by atoms with Gasteiger partial charge in [0, 0.05) is 18.2 Å². The second-order valence-electron chi connectivity index (χ2n) is 7.83. The second-order valence-corrected chi connectivity index (χ2v) is 7.83. The van der Waals surface area contributed by atoms with E-state index in [0.717, 1.165) is 6.54 Å². The first-order valence-electron chi connectivity index (χ1n) is 10.3. The number of nitrogens with zero attached hydrogens (tertiary/aromatic N) is 4. The molecule has 32 heavy (non-hydrogen) atoms. The third-order valence-electron chi connectivity index (χ3n) is 5.61.